The van der Waals surface area contributed by atoms with Crippen LogP contribution >= 0.6 is 0 Å². The van der Waals surface area contributed by atoms with E-state index in [0.717, 1.165) is 24.8 Å². The molecule has 19 heavy (non-hydrogen) atoms. The standard InChI is InChI=1S/C15H14F2N2/c1-19-8-10-2-3-14(4-11(10)9-19)18-15-6-12(16)5-13(17)7-15/h2-7,18H,8-9H2,1H3. The molecule has 98 valence electrons. The molecule has 0 radical (unpaired) electrons. The van der Waals surface area contributed by atoms with Crippen LogP contribution in [0.25, 0.3) is 0 Å². The van der Waals surface area contributed by atoms with Crippen molar-refractivity contribution in [3.05, 3.63) is 59.2 Å². The molecule has 0 fully saturated rings. The molecule has 2 aromatic rings. The molecule has 0 amide bonds. The van der Waals surface area contributed by atoms with Gasteiger partial charge in [0.05, 0.1) is 0 Å². The number of hydrogen-bond acceptors (Lipinski definition) is 2. The Morgan fingerprint density at radius 3 is 2.32 bits per heavy atom. The largest absolute Gasteiger partial charge is 0.355 e. The number of benzene rings is 2. The molecule has 1 N–H and O–H groups in total. The molecule has 1 heterocycles. The Bertz CT molecular complexity index is 605. The average molecular weight is 260 g/mol. The molecule has 0 saturated heterocycles. The van der Waals surface area contributed by atoms with Gasteiger partial charge in [0, 0.05) is 30.5 Å². The first kappa shape index (κ1) is 12.1. The third kappa shape index (κ3) is 2.58. The van der Waals surface area contributed by atoms with Gasteiger partial charge in [0.1, 0.15) is 11.6 Å². The van der Waals surface area contributed by atoms with Crippen molar-refractivity contribution in [2.45, 2.75) is 13.1 Å². The van der Waals surface area contributed by atoms with Crippen LogP contribution < -0.4 is 5.32 Å². The maximum Gasteiger partial charge on any atom is 0.128 e. The number of hydrogen-bond donors (Lipinski definition) is 1. The second-order valence-electron chi connectivity index (χ2n) is 4.94. The summed E-state index contributed by atoms with van der Waals surface area (Å²) in [5.74, 6) is -1.16. The molecule has 0 unspecified atom stereocenters. The molecule has 3 rings (SSSR count). The Hall–Kier alpha value is -1.94. The van der Waals surface area contributed by atoms with Crippen molar-refractivity contribution in [2.24, 2.45) is 0 Å². The maximum atomic E-state index is 13.1. The molecular weight excluding hydrogens is 246 g/mol. The predicted molar refractivity (Wildman–Crippen MR) is 71.3 cm³/mol. The van der Waals surface area contributed by atoms with Crippen LogP contribution in [-0.2, 0) is 13.1 Å². The fourth-order valence-corrected chi connectivity index (χ4v) is 2.44. The van der Waals surface area contributed by atoms with Gasteiger partial charge in [0.15, 0.2) is 0 Å². The summed E-state index contributed by atoms with van der Waals surface area (Å²) in [6.07, 6.45) is 0. The van der Waals surface area contributed by atoms with E-state index in [1.165, 1.54) is 23.3 Å². The van der Waals surface area contributed by atoms with E-state index in [9.17, 15) is 8.78 Å². The summed E-state index contributed by atoms with van der Waals surface area (Å²) in [5, 5.41) is 3.03. The topological polar surface area (TPSA) is 15.3 Å². The Labute approximate surface area is 110 Å². The van der Waals surface area contributed by atoms with Crippen molar-refractivity contribution in [3.8, 4) is 0 Å². The lowest BCUT2D eigenvalue weighted by molar-refractivity contribution is 0.353. The van der Waals surface area contributed by atoms with Gasteiger partial charge in [-0.2, -0.15) is 0 Å². The van der Waals surface area contributed by atoms with Crippen LogP contribution in [0.3, 0.4) is 0 Å². The van der Waals surface area contributed by atoms with Crippen LogP contribution in [0.1, 0.15) is 11.1 Å². The van der Waals surface area contributed by atoms with Crippen molar-refractivity contribution in [1.29, 1.82) is 0 Å². The molecule has 0 aliphatic carbocycles. The fraction of sp³-hybridized carbons (Fsp3) is 0.200. The molecular formula is C15H14F2N2. The number of anilines is 2. The molecule has 0 atom stereocenters. The summed E-state index contributed by atoms with van der Waals surface area (Å²) in [4.78, 5) is 2.22. The van der Waals surface area contributed by atoms with Crippen LogP contribution in [-0.4, -0.2) is 11.9 Å². The van der Waals surface area contributed by atoms with Crippen LogP contribution in [0.2, 0.25) is 0 Å². The summed E-state index contributed by atoms with van der Waals surface area (Å²) in [6, 6.07) is 9.44. The first-order chi connectivity index (χ1) is 9.10. The Morgan fingerprint density at radius 2 is 1.58 bits per heavy atom. The van der Waals surface area contributed by atoms with Gasteiger partial charge < -0.3 is 5.32 Å². The third-order valence-corrected chi connectivity index (χ3v) is 3.24. The van der Waals surface area contributed by atoms with E-state index < -0.39 is 11.6 Å². The third-order valence-electron chi connectivity index (χ3n) is 3.24. The molecule has 1 aliphatic rings. The lowest BCUT2D eigenvalue weighted by atomic mass is 10.1. The summed E-state index contributed by atoms with van der Waals surface area (Å²) in [7, 11) is 2.06. The van der Waals surface area contributed by atoms with Gasteiger partial charge in [0.2, 0.25) is 0 Å². The van der Waals surface area contributed by atoms with Crippen LogP contribution in [0.4, 0.5) is 20.2 Å². The van der Waals surface area contributed by atoms with E-state index in [4.69, 9.17) is 0 Å². The first-order valence-electron chi connectivity index (χ1n) is 6.13. The zero-order chi connectivity index (χ0) is 13.4. The highest BCUT2D eigenvalue weighted by molar-refractivity contribution is 5.61. The minimum atomic E-state index is -0.580. The van der Waals surface area contributed by atoms with Gasteiger partial charge >= 0.3 is 0 Å². The summed E-state index contributed by atoms with van der Waals surface area (Å²) < 4.78 is 26.2. The van der Waals surface area contributed by atoms with Crippen LogP contribution in [0, 0.1) is 11.6 Å². The van der Waals surface area contributed by atoms with Crippen molar-refractivity contribution in [2.75, 3.05) is 12.4 Å². The predicted octanol–water partition coefficient (Wildman–Crippen LogP) is 3.65. The molecule has 2 nitrogen and oxygen atoms in total. The highest BCUT2D eigenvalue weighted by Crippen LogP contribution is 2.26. The van der Waals surface area contributed by atoms with Gasteiger partial charge in [-0.25, -0.2) is 8.78 Å². The second-order valence-corrected chi connectivity index (χ2v) is 4.94. The number of rotatable bonds is 2. The van der Waals surface area contributed by atoms with Crippen molar-refractivity contribution < 1.29 is 8.78 Å². The fourth-order valence-electron chi connectivity index (χ4n) is 2.44. The van der Waals surface area contributed by atoms with E-state index >= 15 is 0 Å². The Kier molecular flexibility index (Phi) is 2.95. The van der Waals surface area contributed by atoms with Crippen LogP contribution in [0.15, 0.2) is 36.4 Å². The SMILES string of the molecule is CN1Cc2ccc(Nc3cc(F)cc(F)c3)cc2C1. The molecule has 0 aromatic heterocycles. The minimum Gasteiger partial charge on any atom is -0.355 e. The summed E-state index contributed by atoms with van der Waals surface area (Å²) >= 11 is 0. The Morgan fingerprint density at radius 1 is 0.895 bits per heavy atom. The van der Waals surface area contributed by atoms with E-state index in [1.807, 2.05) is 12.1 Å². The van der Waals surface area contributed by atoms with Crippen molar-refractivity contribution >= 4 is 11.4 Å². The number of nitrogens with one attached hydrogen (secondary N) is 1. The average Bonchev–Trinajstić information content (AvgIpc) is 2.67. The minimum absolute atomic E-state index is 0.420. The molecule has 1 aliphatic heterocycles. The lowest BCUT2D eigenvalue weighted by Gasteiger charge is -2.08. The summed E-state index contributed by atoms with van der Waals surface area (Å²) in [6.45, 7) is 1.85. The van der Waals surface area contributed by atoms with Crippen molar-refractivity contribution in [1.82, 2.24) is 4.90 Å². The summed E-state index contributed by atoms with van der Waals surface area (Å²) in [5.41, 5.74) is 3.82. The van der Waals surface area contributed by atoms with Gasteiger partial charge in [-0.05, 0) is 42.4 Å². The van der Waals surface area contributed by atoms with E-state index in [-0.39, 0.29) is 0 Å². The first-order valence-corrected chi connectivity index (χ1v) is 6.13. The molecule has 0 saturated carbocycles. The second kappa shape index (κ2) is 4.63. The normalized spacial score (nSPS) is 14.5. The molecule has 0 bridgehead atoms. The molecule has 4 heteroatoms. The van der Waals surface area contributed by atoms with E-state index in [1.54, 1.807) is 0 Å². The monoisotopic (exact) mass is 260 g/mol. The van der Waals surface area contributed by atoms with E-state index in [2.05, 4.69) is 23.3 Å². The number of halogens is 2. The smallest absolute Gasteiger partial charge is 0.128 e. The number of fused-ring (bicyclic) bond motifs is 1. The quantitative estimate of drug-likeness (QED) is 0.886. The number of nitrogens with zero attached hydrogens (tertiary/aromatic N) is 1. The zero-order valence-corrected chi connectivity index (χ0v) is 10.6. The maximum absolute atomic E-state index is 13.1. The van der Waals surface area contributed by atoms with Gasteiger partial charge in [-0.15, -0.1) is 0 Å². The van der Waals surface area contributed by atoms with Gasteiger partial charge in [-0.3, -0.25) is 4.90 Å². The molecule has 2 aromatic carbocycles. The zero-order valence-electron chi connectivity index (χ0n) is 10.6. The highest BCUT2D eigenvalue weighted by Gasteiger charge is 2.15. The van der Waals surface area contributed by atoms with Crippen LogP contribution in [0.5, 0.6) is 0 Å². The Balaban J connectivity index is 1.86. The highest BCUT2D eigenvalue weighted by atomic mass is 19.1. The van der Waals surface area contributed by atoms with Gasteiger partial charge in [0.25, 0.3) is 0 Å². The van der Waals surface area contributed by atoms with Crippen molar-refractivity contribution in [3.63, 3.8) is 0 Å². The van der Waals surface area contributed by atoms with E-state index in [0.29, 0.717) is 5.69 Å². The lowest BCUT2D eigenvalue weighted by Crippen LogP contribution is -2.07. The van der Waals surface area contributed by atoms with Gasteiger partial charge in [-0.1, -0.05) is 6.07 Å². The molecule has 0 spiro atoms.